The van der Waals surface area contributed by atoms with Crippen LogP contribution in [-0.2, 0) is 0 Å². The number of hydrogen-bond acceptors (Lipinski definition) is 2. The van der Waals surface area contributed by atoms with Crippen LogP contribution in [0.4, 0.5) is 0 Å². The van der Waals surface area contributed by atoms with Gasteiger partial charge in [-0.3, -0.25) is 0 Å². The van der Waals surface area contributed by atoms with Crippen molar-refractivity contribution in [3.05, 3.63) is 22.2 Å². The van der Waals surface area contributed by atoms with Gasteiger partial charge in [0.15, 0.2) is 0 Å². The first-order valence-electron chi connectivity index (χ1n) is 6.08. The molecule has 1 aliphatic carbocycles. The minimum absolute atomic E-state index is 0.521. The molecular weight excluding hydrogens is 220 g/mol. The Kier molecular flexibility index (Phi) is 3.48. The molecule has 0 aliphatic heterocycles. The lowest BCUT2D eigenvalue weighted by Gasteiger charge is -2.25. The van der Waals surface area contributed by atoms with Crippen molar-refractivity contribution in [1.82, 2.24) is 9.97 Å². The average molecular weight is 239 g/mol. The smallest absolute Gasteiger partial charge is 0.135 e. The standard InChI is InChI=1S/C13H19ClN2/c1-8-4-6-11(7-5-8)13-15-10(3)9(2)12(14)16-13/h8,11H,4-7H2,1-3H3. The van der Waals surface area contributed by atoms with Crippen LogP contribution >= 0.6 is 11.6 Å². The van der Waals surface area contributed by atoms with E-state index in [9.17, 15) is 0 Å². The maximum Gasteiger partial charge on any atom is 0.135 e. The largest absolute Gasteiger partial charge is 0.238 e. The Labute approximate surface area is 102 Å². The molecule has 1 heterocycles. The van der Waals surface area contributed by atoms with Gasteiger partial charge in [0.05, 0.1) is 0 Å². The number of aryl methyl sites for hydroxylation is 1. The molecule has 2 nitrogen and oxygen atoms in total. The van der Waals surface area contributed by atoms with Crippen molar-refractivity contribution < 1.29 is 0 Å². The molecular formula is C13H19ClN2. The quantitative estimate of drug-likeness (QED) is 0.690. The van der Waals surface area contributed by atoms with Gasteiger partial charge in [-0.2, -0.15) is 0 Å². The fourth-order valence-corrected chi connectivity index (χ4v) is 2.54. The van der Waals surface area contributed by atoms with Crippen LogP contribution in [0.25, 0.3) is 0 Å². The van der Waals surface area contributed by atoms with E-state index in [0.717, 1.165) is 23.0 Å². The molecule has 1 aromatic rings. The van der Waals surface area contributed by atoms with Crippen LogP contribution in [0.3, 0.4) is 0 Å². The Morgan fingerprint density at radius 3 is 2.25 bits per heavy atom. The van der Waals surface area contributed by atoms with Gasteiger partial charge in [0.2, 0.25) is 0 Å². The summed E-state index contributed by atoms with van der Waals surface area (Å²) < 4.78 is 0. The summed E-state index contributed by atoms with van der Waals surface area (Å²) in [6.07, 6.45) is 5.00. The van der Waals surface area contributed by atoms with Crippen molar-refractivity contribution in [2.45, 2.75) is 52.4 Å². The molecule has 88 valence electrons. The Bertz CT molecular complexity index is 359. The van der Waals surface area contributed by atoms with E-state index in [1.165, 1.54) is 25.7 Å². The first-order chi connectivity index (χ1) is 7.58. The molecule has 0 unspecified atom stereocenters. The zero-order chi connectivity index (χ0) is 11.7. The van der Waals surface area contributed by atoms with Gasteiger partial charge in [-0.05, 0) is 32.6 Å². The molecule has 0 aromatic carbocycles. The summed E-state index contributed by atoms with van der Waals surface area (Å²) in [4.78, 5) is 9.02. The summed E-state index contributed by atoms with van der Waals surface area (Å²) in [6.45, 7) is 6.31. The van der Waals surface area contributed by atoms with Crippen LogP contribution in [-0.4, -0.2) is 9.97 Å². The second-order valence-corrected chi connectivity index (χ2v) is 5.40. The number of halogens is 1. The number of rotatable bonds is 1. The molecule has 16 heavy (non-hydrogen) atoms. The van der Waals surface area contributed by atoms with Crippen molar-refractivity contribution >= 4 is 11.6 Å². The van der Waals surface area contributed by atoms with Crippen molar-refractivity contribution in [2.75, 3.05) is 0 Å². The molecule has 1 saturated carbocycles. The highest BCUT2D eigenvalue weighted by Gasteiger charge is 2.22. The average Bonchev–Trinajstić information content (AvgIpc) is 2.26. The van der Waals surface area contributed by atoms with Gasteiger partial charge < -0.3 is 0 Å². The molecule has 1 fully saturated rings. The van der Waals surface area contributed by atoms with Crippen molar-refractivity contribution in [3.8, 4) is 0 Å². The maximum absolute atomic E-state index is 6.12. The van der Waals surface area contributed by atoms with Crippen LogP contribution < -0.4 is 0 Å². The first-order valence-corrected chi connectivity index (χ1v) is 6.46. The number of aromatic nitrogens is 2. The molecule has 1 aromatic heterocycles. The van der Waals surface area contributed by atoms with Crippen LogP contribution in [0.5, 0.6) is 0 Å². The van der Waals surface area contributed by atoms with Gasteiger partial charge in [0.1, 0.15) is 11.0 Å². The molecule has 2 rings (SSSR count). The van der Waals surface area contributed by atoms with Crippen LogP contribution in [0.15, 0.2) is 0 Å². The minimum Gasteiger partial charge on any atom is -0.238 e. The Morgan fingerprint density at radius 2 is 1.69 bits per heavy atom. The summed E-state index contributed by atoms with van der Waals surface area (Å²) in [7, 11) is 0. The van der Waals surface area contributed by atoms with Crippen molar-refractivity contribution in [2.24, 2.45) is 5.92 Å². The van der Waals surface area contributed by atoms with Crippen LogP contribution in [0, 0.1) is 19.8 Å². The molecule has 0 atom stereocenters. The third kappa shape index (κ3) is 2.37. The van der Waals surface area contributed by atoms with E-state index in [4.69, 9.17) is 11.6 Å². The highest BCUT2D eigenvalue weighted by atomic mass is 35.5. The van der Waals surface area contributed by atoms with E-state index >= 15 is 0 Å². The Morgan fingerprint density at radius 1 is 1.06 bits per heavy atom. The Hall–Kier alpha value is -0.630. The van der Waals surface area contributed by atoms with E-state index in [-0.39, 0.29) is 0 Å². The molecule has 0 N–H and O–H groups in total. The third-order valence-corrected chi connectivity index (χ3v) is 4.10. The summed E-state index contributed by atoms with van der Waals surface area (Å²) in [5, 5.41) is 0.626. The first kappa shape index (κ1) is 11.8. The summed E-state index contributed by atoms with van der Waals surface area (Å²) in [5.74, 6) is 2.34. The highest BCUT2D eigenvalue weighted by Crippen LogP contribution is 2.34. The maximum atomic E-state index is 6.12. The third-order valence-electron chi connectivity index (χ3n) is 3.73. The molecule has 0 spiro atoms. The zero-order valence-electron chi connectivity index (χ0n) is 10.3. The van der Waals surface area contributed by atoms with E-state index < -0.39 is 0 Å². The predicted octanol–water partition coefficient (Wildman–Crippen LogP) is 4.04. The SMILES string of the molecule is Cc1nc(C2CCC(C)CC2)nc(Cl)c1C. The lowest BCUT2D eigenvalue weighted by molar-refractivity contribution is 0.339. The second-order valence-electron chi connectivity index (χ2n) is 5.04. The van der Waals surface area contributed by atoms with Gasteiger partial charge in [0, 0.05) is 17.2 Å². The van der Waals surface area contributed by atoms with E-state index in [0.29, 0.717) is 11.1 Å². The van der Waals surface area contributed by atoms with Gasteiger partial charge >= 0.3 is 0 Å². The second kappa shape index (κ2) is 4.70. The van der Waals surface area contributed by atoms with Crippen LogP contribution in [0.1, 0.15) is 55.6 Å². The summed E-state index contributed by atoms with van der Waals surface area (Å²) >= 11 is 6.12. The van der Waals surface area contributed by atoms with E-state index in [1.54, 1.807) is 0 Å². The summed E-state index contributed by atoms with van der Waals surface area (Å²) in [5.41, 5.74) is 2.03. The number of nitrogens with zero attached hydrogens (tertiary/aromatic N) is 2. The fourth-order valence-electron chi connectivity index (χ4n) is 2.32. The monoisotopic (exact) mass is 238 g/mol. The molecule has 1 aliphatic rings. The van der Waals surface area contributed by atoms with E-state index in [1.807, 2.05) is 13.8 Å². The van der Waals surface area contributed by atoms with Crippen molar-refractivity contribution in [3.63, 3.8) is 0 Å². The highest BCUT2D eigenvalue weighted by molar-refractivity contribution is 6.30. The van der Waals surface area contributed by atoms with Gasteiger partial charge in [-0.25, -0.2) is 9.97 Å². The van der Waals surface area contributed by atoms with Crippen LogP contribution in [0.2, 0.25) is 5.15 Å². The molecule has 3 heteroatoms. The minimum atomic E-state index is 0.521. The van der Waals surface area contributed by atoms with Gasteiger partial charge in [-0.1, -0.05) is 31.4 Å². The van der Waals surface area contributed by atoms with Crippen molar-refractivity contribution in [1.29, 1.82) is 0 Å². The van der Waals surface area contributed by atoms with E-state index in [2.05, 4.69) is 16.9 Å². The lowest BCUT2D eigenvalue weighted by Crippen LogP contribution is -2.14. The zero-order valence-corrected chi connectivity index (χ0v) is 11.0. The van der Waals surface area contributed by atoms with Gasteiger partial charge in [0.25, 0.3) is 0 Å². The number of hydrogen-bond donors (Lipinski definition) is 0. The molecule has 0 saturated heterocycles. The molecule has 0 radical (unpaired) electrons. The summed E-state index contributed by atoms with van der Waals surface area (Å²) in [6, 6.07) is 0. The predicted molar refractivity (Wildman–Crippen MR) is 66.9 cm³/mol. The topological polar surface area (TPSA) is 25.8 Å². The Balaban J connectivity index is 2.21. The molecule has 0 amide bonds. The molecule has 0 bridgehead atoms. The normalized spacial score (nSPS) is 25.8. The lowest BCUT2D eigenvalue weighted by atomic mass is 9.82. The van der Waals surface area contributed by atoms with Gasteiger partial charge in [-0.15, -0.1) is 0 Å². The fraction of sp³-hybridized carbons (Fsp3) is 0.692.